The molecule has 3 aromatic carbocycles. The molecule has 0 fully saturated rings. The first-order valence-electron chi connectivity index (χ1n) is 10.4. The largest absolute Gasteiger partial charge is 0.463 e. The second-order valence-corrected chi connectivity index (χ2v) is 7.85. The van der Waals surface area contributed by atoms with E-state index in [-0.39, 0.29) is 12.2 Å². The van der Waals surface area contributed by atoms with E-state index < -0.39 is 11.7 Å². The quantitative estimate of drug-likeness (QED) is 0.313. The third-order valence-corrected chi connectivity index (χ3v) is 5.88. The van der Waals surface area contributed by atoms with Gasteiger partial charge in [0.15, 0.2) is 0 Å². The highest BCUT2D eigenvalue weighted by Gasteiger charge is 2.43. The molecule has 1 aromatic heterocycles. The number of hydrogen-bond donors (Lipinski definition) is 0. The minimum Gasteiger partial charge on any atom is -0.463 e. The number of hydrogen-bond acceptors (Lipinski definition) is 3. The molecule has 4 heteroatoms. The van der Waals surface area contributed by atoms with Crippen molar-refractivity contribution in [3.8, 4) is 17.0 Å². The van der Waals surface area contributed by atoms with Crippen LogP contribution in [-0.4, -0.2) is 17.1 Å². The number of carbonyl (C=O) groups is 1. The van der Waals surface area contributed by atoms with Crippen LogP contribution in [-0.2, 0) is 21.7 Å². The molecule has 0 saturated carbocycles. The van der Waals surface area contributed by atoms with Crippen LogP contribution in [0.1, 0.15) is 12.5 Å². The van der Waals surface area contributed by atoms with Crippen LogP contribution in [0, 0.1) is 0 Å². The van der Waals surface area contributed by atoms with Crippen LogP contribution in [0.3, 0.4) is 0 Å². The Kier molecular flexibility index (Phi) is 4.63. The fraction of sp³-hybridized carbons (Fsp3) is 0.148. The van der Waals surface area contributed by atoms with E-state index in [0.29, 0.717) is 6.42 Å². The van der Waals surface area contributed by atoms with E-state index in [1.807, 2.05) is 84.3 Å². The van der Waals surface area contributed by atoms with Crippen LogP contribution in [0.5, 0.6) is 5.75 Å². The summed E-state index contributed by atoms with van der Waals surface area (Å²) in [7, 11) is 0. The van der Waals surface area contributed by atoms with Crippen molar-refractivity contribution < 1.29 is 14.3 Å². The number of ether oxygens (including phenoxy) is 2. The molecular weight excluding hydrogens is 386 g/mol. The minimum atomic E-state index is -1.10. The fourth-order valence-electron chi connectivity index (χ4n) is 4.22. The zero-order valence-electron chi connectivity index (χ0n) is 17.4. The van der Waals surface area contributed by atoms with Crippen molar-refractivity contribution in [2.24, 2.45) is 0 Å². The molecule has 0 amide bonds. The molecule has 31 heavy (non-hydrogen) atoms. The highest BCUT2D eigenvalue weighted by molar-refractivity contribution is 5.93. The van der Waals surface area contributed by atoms with Crippen molar-refractivity contribution in [1.82, 2.24) is 4.57 Å². The summed E-state index contributed by atoms with van der Waals surface area (Å²) >= 11 is 0. The summed E-state index contributed by atoms with van der Waals surface area (Å²) in [6.45, 7) is 6.27. The molecule has 0 bridgehead atoms. The molecule has 0 radical (unpaired) electrons. The molecule has 5 rings (SSSR count). The predicted octanol–water partition coefficient (Wildman–Crippen LogP) is 5.72. The monoisotopic (exact) mass is 409 g/mol. The Balaban J connectivity index is 1.48. The average Bonchev–Trinajstić information content (AvgIpc) is 3.20. The maximum Gasteiger partial charge on any atom is 0.339 e. The van der Waals surface area contributed by atoms with E-state index >= 15 is 0 Å². The summed E-state index contributed by atoms with van der Waals surface area (Å²) in [6.07, 6.45) is 0.651. The average molecular weight is 409 g/mol. The van der Waals surface area contributed by atoms with Crippen LogP contribution in [0.15, 0.2) is 97.1 Å². The lowest BCUT2D eigenvalue weighted by Crippen LogP contribution is -2.43. The summed E-state index contributed by atoms with van der Waals surface area (Å²) in [5.74, 6) is 0.264. The first-order chi connectivity index (χ1) is 15.1. The Morgan fingerprint density at radius 2 is 1.71 bits per heavy atom. The van der Waals surface area contributed by atoms with Crippen molar-refractivity contribution in [2.45, 2.75) is 19.1 Å². The summed E-state index contributed by atoms with van der Waals surface area (Å²) in [5.41, 5.74) is 3.24. The van der Waals surface area contributed by atoms with Crippen molar-refractivity contribution in [2.75, 3.05) is 6.61 Å². The number of para-hydroxylation sites is 2. The number of rotatable bonds is 5. The molecule has 1 aliphatic rings. The first kappa shape index (κ1) is 19.2. The van der Waals surface area contributed by atoms with Gasteiger partial charge < -0.3 is 9.47 Å². The van der Waals surface area contributed by atoms with Crippen LogP contribution >= 0.6 is 0 Å². The van der Waals surface area contributed by atoms with Crippen molar-refractivity contribution in [3.63, 3.8) is 0 Å². The molecule has 154 valence electrons. The van der Waals surface area contributed by atoms with E-state index in [1.54, 1.807) is 0 Å². The van der Waals surface area contributed by atoms with Gasteiger partial charge in [-0.3, -0.25) is 4.57 Å². The number of fused-ring (bicyclic) bond motifs is 5. The van der Waals surface area contributed by atoms with Crippen LogP contribution in [0.25, 0.3) is 22.2 Å². The van der Waals surface area contributed by atoms with Gasteiger partial charge in [-0.05, 0) is 29.8 Å². The van der Waals surface area contributed by atoms with Crippen LogP contribution in [0.2, 0.25) is 0 Å². The van der Waals surface area contributed by atoms with Crippen molar-refractivity contribution in [1.29, 1.82) is 0 Å². The van der Waals surface area contributed by atoms with Gasteiger partial charge in [-0.2, -0.15) is 0 Å². The number of nitrogens with zero attached hydrogens (tertiary/aromatic N) is 1. The molecule has 0 spiro atoms. The Morgan fingerprint density at radius 1 is 1.00 bits per heavy atom. The normalized spacial score (nSPS) is 16.8. The highest BCUT2D eigenvalue weighted by Crippen LogP contribution is 2.46. The molecule has 4 nitrogen and oxygen atoms in total. The van der Waals surface area contributed by atoms with Crippen LogP contribution in [0.4, 0.5) is 0 Å². The summed E-state index contributed by atoms with van der Waals surface area (Å²) < 4.78 is 14.1. The van der Waals surface area contributed by atoms with E-state index in [9.17, 15) is 4.79 Å². The molecule has 1 aliphatic heterocycles. The molecule has 1 unspecified atom stereocenters. The maximum absolute atomic E-state index is 13.0. The number of carbonyl (C=O) groups excluding carboxylic acids is 1. The molecule has 0 N–H and O–H groups in total. The zero-order chi connectivity index (χ0) is 21.4. The van der Waals surface area contributed by atoms with Gasteiger partial charge in [-0.15, -0.1) is 0 Å². The summed E-state index contributed by atoms with van der Waals surface area (Å²) in [5, 5.41) is 1.08. The number of aromatic nitrogens is 1. The maximum atomic E-state index is 13.0. The Hall–Kier alpha value is -3.79. The highest BCUT2D eigenvalue weighted by atomic mass is 16.5. The predicted molar refractivity (Wildman–Crippen MR) is 122 cm³/mol. The molecule has 2 heterocycles. The fourth-order valence-corrected chi connectivity index (χ4v) is 4.22. The smallest absolute Gasteiger partial charge is 0.339 e. The molecular formula is C27H23NO3. The van der Waals surface area contributed by atoms with E-state index in [1.165, 1.54) is 0 Å². The molecule has 4 aromatic rings. The van der Waals surface area contributed by atoms with Gasteiger partial charge in [0.1, 0.15) is 5.75 Å². The van der Waals surface area contributed by atoms with Gasteiger partial charge in [-0.25, -0.2) is 4.79 Å². The lowest BCUT2D eigenvalue weighted by molar-refractivity contribution is -0.142. The number of esters is 1. The van der Waals surface area contributed by atoms with Gasteiger partial charge in [0.05, 0.1) is 23.4 Å². The Bertz CT molecular complexity index is 1290. The van der Waals surface area contributed by atoms with Crippen molar-refractivity contribution >= 4 is 16.9 Å². The lowest BCUT2D eigenvalue weighted by atomic mass is 10.0. The SMILES string of the molecule is C=C(C(=O)OCCc1ccccc1)C1(C)Oc2ccccc2-c2cc3ccccc3n21. The second kappa shape index (κ2) is 7.47. The minimum absolute atomic E-state index is 0.262. The summed E-state index contributed by atoms with van der Waals surface area (Å²) in [4.78, 5) is 13.0. The first-order valence-corrected chi connectivity index (χ1v) is 10.4. The zero-order valence-corrected chi connectivity index (χ0v) is 17.4. The van der Waals surface area contributed by atoms with Crippen LogP contribution < -0.4 is 4.74 Å². The Morgan fingerprint density at radius 3 is 2.55 bits per heavy atom. The van der Waals surface area contributed by atoms with E-state index in [0.717, 1.165) is 33.5 Å². The topological polar surface area (TPSA) is 40.5 Å². The van der Waals surface area contributed by atoms with Crippen molar-refractivity contribution in [3.05, 3.63) is 103 Å². The summed E-state index contributed by atoms with van der Waals surface area (Å²) in [6, 6.07) is 28.0. The standard InChI is InChI=1S/C27H23NO3/c1-19(26(29)30-17-16-20-10-4-3-5-11-20)27(2)28-23-14-8-6-12-21(23)18-24(28)22-13-7-9-15-25(22)31-27/h3-15,18H,1,16-17H2,2H3. The van der Waals surface area contributed by atoms with Gasteiger partial charge in [0.2, 0.25) is 5.72 Å². The number of benzene rings is 3. The van der Waals surface area contributed by atoms with Gasteiger partial charge in [-0.1, -0.05) is 67.2 Å². The lowest BCUT2D eigenvalue weighted by Gasteiger charge is -2.39. The third kappa shape index (κ3) is 3.21. The van der Waals surface area contributed by atoms with Gasteiger partial charge >= 0.3 is 5.97 Å². The van der Waals surface area contributed by atoms with Gasteiger partial charge in [0, 0.05) is 24.3 Å². The molecule has 0 aliphatic carbocycles. The second-order valence-electron chi connectivity index (χ2n) is 7.85. The Labute approximate surface area is 181 Å². The van der Waals surface area contributed by atoms with E-state index in [2.05, 4.69) is 18.7 Å². The van der Waals surface area contributed by atoms with E-state index in [4.69, 9.17) is 9.47 Å². The third-order valence-electron chi connectivity index (χ3n) is 5.88. The molecule has 1 atom stereocenters. The molecule has 0 saturated heterocycles. The van der Waals surface area contributed by atoms with Gasteiger partial charge in [0.25, 0.3) is 0 Å².